The number of aromatic nitrogens is 2. The van der Waals surface area contributed by atoms with Crippen LogP contribution < -0.4 is 5.32 Å². The number of halogens is 1. The number of nitrogens with one attached hydrogen (secondary N) is 1. The fourth-order valence-electron chi connectivity index (χ4n) is 2.84. The van der Waals surface area contributed by atoms with Gasteiger partial charge in [0.05, 0.1) is 25.8 Å². The first-order chi connectivity index (χ1) is 13.8. The van der Waals surface area contributed by atoms with Crippen LogP contribution in [0.4, 0.5) is 10.1 Å². The Morgan fingerprint density at radius 2 is 2.10 bits per heavy atom. The number of carboxylic acids is 1. The lowest BCUT2D eigenvalue weighted by Crippen LogP contribution is -2.31. The number of nitrogens with zero attached hydrogens (tertiary/aromatic N) is 3. The Morgan fingerprint density at radius 3 is 2.69 bits per heavy atom. The van der Waals surface area contributed by atoms with Gasteiger partial charge < -0.3 is 25.2 Å². The van der Waals surface area contributed by atoms with Crippen LogP contribution in [-0.4, -0.2) is 69.5 Å². The average Bonchev–Trinajstić information content (AvgIpc) is 3.29. The van der Waals surface area contributed by atoms with Gasteiger partial charge in [-0.25, -0.2) is 18.7 Å². The van der Waals surface area contributed by atoms with Crippen molar-refractivity contribution in [3.8, 4) is 5.69 Å². The van der Waals surface area contributed by atoms with Gasteiger partial charge >= 0.3 is 11.9 Å². The first-order valence-corrected chi connectivity index (χ1v) is 8.43. The predicted molar refractivity (Wildman–Crippen MR) is 96.8 cm³/mol. The number of aliphatic hydroxyl groups is 1. The molecule has 11 heteroatoms. The summed E-state index contributed by atoms with van der Waals surface area (Å²) >= 11 is 0. The summed E-state index contributed by atoms with van der Waals surface area (Å²) in [5, 5.41) is 24.5. The van der Waals surface area contributed by atoms with E-state index < -0.39 is 23.7 Å². The molecule has 0 spiro atoms. The van der Waals surface area contributed by atoms with Crippen LogP contribution in [0.1, 0.15) is 10.5 Å². The third kappa shape index (κ3) is 3.94. The quantitative estimate of drug-likeness (QED) is 0.564. The fraction of sp³-hybridized carbons (Fsp3) is 0.222. The number of methoxy groups -OCH3 is 1. The van der Waals surface area contributed by atoms with Crippen molar-refractivity contribution < 1.29 is 33.7 Å². The molecule has 0 fully saturated rings. The molecule has 1 aliphatic rings. The van der Waals surface area contributed by atoms with E-state index in [0.717, 1.165) is 10.7 Å². The lowest BCUT2D eigenvalue weighted by molar-refractivity contribution is -0.136. The fourth-order valence-corrected chi connectivity index (χ4v) is 2.84. The van der Waals surface area contributed by atoms with Gasteiger partial charge in [0.2, 0.25) is 0 Å². The number of hydrogen-bond acceptors (Lipinski definition) is 7. The summed E-state index contributed by atoms with van der Waals surface area (Å²) in [6.45, 7) is -0.289. The van der Waals surface area contributed by atoms with Crippen LogP contribution >= 0.6 is 0 Å². The SMILES string of the molecule is COC(=O)C1=C(Nc2ccc(-n3ccc(C(=O)O)n3)c(F)c2)C(=O)N(CCO)C1. The number of benzene rings is 1. The van der Waals surface area contributed by atoms with Crippen molar-refractivity contribution in [2.75, 3.05) is 32.1 Å². The summed E-state index contributed by atoms with van der Waals surface area (Å²) in [5.41, 5.74) is -0.0457. The van der Waals surface area contributed by atoms with Crippen molar-refractivity contribution in [2.24, 2.45) is 0 Å². The summed E-state index contributed by atoms with van der Waals surface area (Å²) in [6, 6.07) is 5.11. The van der Waals surface area contributed by atoms with Gasteiger partial charge in [-0.15, -0.1) is 0 Å². The lowest BCUT2D eigenvalue weighted by Gasteiger charge is -2.15. The molecule has 2 heterocycles. The molecule has 1 aromatic heterocycles. The Balaban J connectivity index is 1.88. The van der Waals surface area contributed by atoms with E-state index in [2.05, 4.69) is 15.2 Å². The summed E-state index contributed by atoms with van der Waals surface area (Å²) in [4.78, 5) is 36.7. The van der Waals surface area contributed by atoms with E-state index in [-0.39, 0.29) is 48.0 Å². The highest BCUT2D eigenvalue weighted by molar-refractivity contribution is 6.08. The molecule has 0 bridgehead atoms. The van der Waals surface area contributed by atoms with E-state index in [1.165, 1.54) is 36.4 Å². The van der Waals surface area contributed by atoms with Crippen molar-refractivity contribution in [1.82, 2.24) is 14.7 Å². The second-order valence-corrected chi connectivity index (χ2v) is 6.04. The number of carbonyl (C=O) groups excluding carboxylic acids is 2. The van der Waals surface area contributed by atoms with Crippen molar-refractivity contribution in [2.45, 2.75) is 0 Å². The number of β-amino-alcohol motifs (C(OH)–C–C–N with tert-alkyl or cyclic N) is 1. The maximum atomic E-state index is 14.6. The van der Waals surface area contributed by atoms with Gasteiger partial charge in [0.15, 0.2) is 11.5 Å². The molecule has 0 unspecified atom stereocenters. The number of amides is 1. The number of aliphatic hydroxyl groups excluding tert-OH is 1. The van der Waals surface area contributed by atoms with E-state index in [1.54, 1.807) is 0 Å². The van der Waals surface area contributed by atoms with E-state index in [0.29, 0.717) is 0 Å². The number of anilines is 1. The zero-order chi connectivity index (χ0) is 21.1. The molecular formula is C18H17FN4O6. The minimum absolute atomic E-state index is 0.00452. The van der Waals surface area contributed by atoms with E-state index in [4.69, 9.17) is 10.2 Å². The number of carbonyl (C=O) groups is 3. The van der Waals surface area contributed by atoms with E-state index in [9.17, 15) is 18.8 Å². The normalized spacial score (nSPS) is 13.8. The Labute approximate surface area is 163 Å². The second kappa shape index (κ2) is 8.10. The minimum atomic E-state index is -1.24. The smallest absolute Gasteiger partial charge is 0.356 e. The van der Waals surface area contributed by atoms with Crippen molar-refractivity contribution in [1.29, 1.82) is 0 Å². The van der Waals surface area contributed by atoms with Crippen molar-refractivity contribution in [3.05, 3.63) is 53.2 Å². The number of esters is 1. The Bertz CT molecular complexity index is 1020. The van der Waals surface area contributed by atoms with Crippen LogP contribution in [0.5, 0.6) is 0 Å². The largest absolute Gasteiger partial charge is 0.476 e. The molecule has 1 aliphatic heterocycles. The number of ether oxygens (including phenoxy) is 1. The first kappa shape index (κ1) is 20.0. The molecule has 2 aromatic rings. The molecule has 1 amide bonds. The zero-order valence-corrected chi connectivity index (χ0v) is 15.3. The molecule has 0 radical (unpaired) electrons. The van der Waals surface area contributed by atoms with Gasteiger partial charge in [0.1, 0.15) is 11.4 Å². The third-order valence-electron chi connectivity index (χ3n) is 4.23. The zero-order valence-electron chi connectivity index (χ0n) is 15.3. The molecule has 0 saturated heterocycles. The standard InChI is InChI=1S/C18H17FN4O6/c1-29-18(28)11-9-22(6-7-24)16(25)15(11)20-10-2-3-14(12(19)8-10)23-5-4-13(21-23)17(26)27/h2-5,8,20,24H,6-7,9H2,1H3,(H,26,27). The van der Waals surface area contributed by atoms with Crippen molar-refractivity contribution >= 4 is 23.5 Å². The summed E-state index contributed by atoms with van der Waals surface area (Å²) in [5.74, 6) is -3.21. The maximum absolute atomic E-state index is 14.6. The van der Waals surface area contributed by atoms with Gasteiger partial charge in [-0.3, -0.25) is 4.79 Å². The highest BCUT2D eigenvalue weighted by Gasteiger charge is 2.34. The summed E-state index contributed by atoms with van der Waals surface area (Å²) in [7, 11) is 1.18. The van der Waals surface area contributed by atoms with Gasteiger partial charge in [-0.05, 0) is 24.3 Å². The van der Waals surface area contributed by atoms with Crippen LogP contribution in [0.15, 0.2) is 41.7 Å². The molecule has 152 valence electrons. The molecule has 29 heavy (non-hydrogen) atoms. The Kier molecular flexibility index (Phi) is 5.59. The number of aromatic carboxylic acids is 1. The minimum Gasteiger partial charge on any atom is -0.476 e. The Hall–Kier alpha value is -3.73. The van der Waals surface area contributed by atoms with Gasteiger partial charge in [0, 0.05) is 18.4 Å². The van der Waals surface area contributed by atoms with E-state index in [1.807, 2.05) is 0 Å². The number of hydrogen-bond donors (Lipinski definition) is 3. The number of rotatable bonds is 7. The van der Waals surface area contributed by atoms with Crippen LogP contribution in [0, 0.1) is 5.82 Å². The second-order valence-electron chi connectivity index (χ2n) is 6.04. The molecule has 3 N–H and O–H groups in total. The third-order valence-corrected chi connectivity index (χ3v) is 4.23. The molecule has 0 aliphatic carbocycles. The molecule has 10 nitrogen and oxygen atoms in total. The van der Waals surface area contributed by atoms with Gasteiger partial charge in [-0.2, -0.15) is 5.10 Å². The molecule has 0 saturated carbocycles. The first-order valence-electron chi connectivity index (χ1n) is 8.43. The van der Waals surface area contributed by atoms with Crippen molar-refractivity contribution in [3.63, 3.8) is 0 Å². The highest BCUT2D eigenvalue weighted by atomic mass is 19.1. The molecule has 3 rings (SSSR count). The van der Waals surface area contributed by atoms with E-state index >= 15 is 0 Å². The van der Waals surface area contributed by atoms with Crippen LogP contribution in [-0.2, 0) is 14.3 Å². The van der Waals surface area contributed by atoms with Crippen LogP contribution in [0.3, 0.4) is 0 Å². The highest BCUT2D eigenvalue weighted by Crippen LogP contribution is 2.25. The maximum Gasteiger partial charge on any atom is 0.356 e. The summed E-state index contributed by atoms with van der Waals surface area (Å²) < 4.78 is 20.3. The molecular weight excluding hydrogens is 387 g/mol. The summed E-state index contributed by atoms with van der Waals surface area (Å²) in [6.07, 6.45) is 1.31. The monoisotopic (exact) mass is 404 g/mol. The number of carboxylic acid groups (broad SMARTS) is 1. The Morgan fingerprint density at radius 1 is 1.34 bits per heavy atom. The molecule has 0 atom stereocenters. The van der Waals surface area contributed by atoms with Crippen LogP contribution in [0.2, 0.25) is 0 Å². The predicted octanol–water partition coefficient (Wildman–Crippen LogP) is 0.383. The van der Waals surface area contributed by atoms with Gasteiger partial charge in [0.25, 0.3) is 5.91 Å². The average molecular weight is 404 g/mol. The molecule has 1 aromatic carbocycles. The lowest BCUT2D eigenvalue weighted by atomic mass is 10.2. The van der Waals surface area contributed by atoms with Crippen LogP contribution in [0.25, 0.3) is 5.69 Å². The van der Waals surface area contributed by atoms with Gasteiger partial charge in [-0.1, -0.05) is 0 Å². The topological polar surface area (TPSA) is 134 Å².